The first-order valence-electron chi connectivity index (χ1n) is 9.08. The van der Waals surface area contributed by atoms with Crippen molar-refractivity contribution in [3.63, 3.8) is 0 Å². The van der Waals surface area contributed by atoms with Crippen LogP contribution >= 0.6 is 11.8 Å². The lowest BCUT2D eigenvalue weighted by molar-refractivity contribution is -0.139. The minimum Gasteiger partial charge on any atom is -0.480 e. The van der Waals surface area contributed by atoms with Crippen LogP contribution in [0.3, 0.4) is 0 Å². The quantitative estimate of drug-likeness (QED) is 0.139. The first kappa shape index (κ1) is 26.5. The second-order valence-electron chi connectivity index (χ2n) is 6.71. The van der Waals surface area contributed by atoms with Gasteiger partial charge in [0.25, 0.3) is 0 Å². The van der Waals surface area contributed by atoms with Crippen LogP contribution in [0.5, 0.6) is 0 Å². The predicted octanol–water partition coefficient (Wildman–Crippen LogP) is -3.81. The summed E-state index contributed by atoms with van der Waals surface area (Å²) in [5.74, 6) is -5.07. The molecular weight excluding hydrogens is 438 g/mol. The number of aliphatic carboxylic acids is 2. The van der Waals surface area contributed by atoms with Gasteiger partial charge in [-0.2, -0.15) is 11.8 Å². The Labute approximate surface area is 180 Å². The van der Waals surface area contributed by atoms with Crippen molar-refractivity contribution >= 4 is 41.3 Å². The molecule has 5 atom stereocenters. The van der Waals surface area contributed by atoms with Gasteiger partial charge in [0.05, 0.1) is 0 Å². The molecule has 0 radical (unpaired) electrons. The van der Waals surface area contributed by atoms with Crippen molar-refractivity contribution in [3.8, 4) is 0 Å². The molecule has 0 saturated carbocycles. The Balaban J connectivity index is 2.71. The Hall–Kier alpha value is -2.52. The number of carboxylic acids is 2. The minimum atomic E-state index is -1.79. The lowest BCUT2D eigenvalue weighted by atomic mass is 9.92. The third kappa shape index (κ3) is 8.63. The second kappa shape index (κ2) is 12.4. The van der Waals surface area contributed by atoms with Gasteiger partial charge in [-0.15, -0.1) is 0 Å². The van der Waals surface area contributed by atoms with Crippen LogP contribution < -0.4 is 16.4 Å². The van der Waals surface area contributed by atoms with E-state index in [-0.39, 0.29) is 29.9 Å². The maximum absolute atomic E-state index is 12.2. The SMILES string of the molecule is N[C@@H](CCC(=O)N[C@@H](CSCC1=C[C@@H](O)[C@@H](O)[C@@H](O)C1=O)C(=O)NCC(=O)O)C(=O)O. The molecule has 9 N–H and O–H groups in total. The smallest absolute Gasteiger partial charge is 0.322 e. The maximum atomic E-state index is 12.2. The highest BCUT2D eigenvalue weighted by atomic mass is 32.2. The Morgan fingerprint density at radius 2 is 1.81 bits per heavy atom. The number of carbonyl (C=O) groups is 5. The number of aliphatic hydroxyl groups is 3. The first-order chi connectivity index (χ1) is 14.4. The summed E-state index contributed by atoms with van der Waals surface area (Å²) in [6, 6.07) is -2.48. The standard InChI is InChI=1S/C17H25N3O10S/c18-8(17(29)30)1-2-11(22)20-9(16(28)19-4-12(23)24)6-31-5-7-3-10(21)14(26)15(27)13(7)25/h3,8-10,14-15,21,26-27H,1-2,4-6,18H2,(H,19,28)(H,20,22)(H,23,24)(H,29,30)/t8-,9-,10+,14+,15-/m0/s1. The topological polar surface area (TPSA) is 237 Å². The second-order valence-corrected chi connectivity index (χ2v) is 7.74. The highest BCUT2D eigenvalue weighted by Crippen LogP contribution is 2.20. The van der Waals surface area contributed by atoms with E-state index in [9.17, 15) is 39.3 Å². The van der Waals surface area contributed by atoms with Crippen LogP contribution in [0.4, 0.5) is 0 Å². The molecule has 1 aliphatic rings. The van der Waals surface area contributed by atoms with Gasteiger partial charge in [0.2, 0.25) is 11.8 Å². The number of amides is 2. The van der Waals surface area contributed by atoms with Gasteiger partial charge in [-0.3, -0.25) is 24.0 Å². The maximum Gasteiger partial charge on any atom is 0.322 e. The Kier molecular flexibility index (Phi) is 10.6. The number of hydrogen-bond acceptors (Lipinski definition) is 10. The largest absolute Gasteiger partial charge is 0.480 e. The van der Waals surface area contributed by atoms with E-state index in [1.807, 2.05) is 0 Å². The van der Waals surface area contributed by atoms with Crippen LogP contribution in [-0.4, -0.2) is 104 Å². The summed E-state index contributed by atoms with van der Waals surface area (Å²) in [4.78, 5) is 57.6. The molecule has 0 aliphatic heterocycles. The van der Waals surface area contributed by atoms with Crippen molar-refractivity contribution in [1.29, 1.82) is 0 Å². The van der Waals surface area contributed by atoms with E-state index in [0.717, 1.165) is 17.8 Å². The number of ketones is 1. The van der Waals surface area contributed by atoms with Gasteiger partial charge >= 0.3 is 11.9 Å². The van der Waals surface area contributed by atoms with Gasteiger partial charge in [-0.1, -0.05) is 0 Å². The molecule has 0 saturated heterocycles. The van der Waals surface area contributed by atoms with Gasteiger partial charge in [-0.05, 0) is 12.5 Å². The molecule has 0 aromatic rings. The molecule has 0 fully saturated rings. The summed E-state index contributed by atoms with van der Waals surface area (Å²) in [5, 5.41) is 50.6. The van der Waals surface area contributed by atoms with Gasteiger partial charge in [-0.25, -0.2) is 0 Å². The number of carbonyl (C=O) groups excluding carboxylic acids is 3. The number of carboxylic acid groups (broad SMARTS) is 2. The third-order valence-electron chi connectivity index (χ3n) is 4.24. The van der Waals surface area contributed by atoms with Crippen molar-refractivity contribution in [1.82, 2.24) is 10.6 Å². The number of Topliss-reactive ketones (excluding diaryl/α,β-unsaturated/α-hetero) is 1. The zero-order chi connectivity index (χ0) is 23.7. The molecule has 0 aromatic carbocycles. The molecule has 2 amide bonds. The lowest BCUT2D eigenvalue weighted by Crippen LogP contribution is -2.49. The van der Waals surface area contributed by atoms with E-state index in [1.165, 1.54) is 0 Å². The highest BCUT2D eigenvalue weighted by molar-refractivity contribution is 7.99. The van der Waals surface area contributed by atoms with Crippen molar-refractivity contribution in [2.45, 2.75) is 43.2 Å². The van der Waals surface area contributed by atoms with E-state index in [4.69, 9.17) is 15.9 Å². The van der Waals surface area contributed by atoms with Crippen molar-refractivity contribution in [2.24, 2.45) is 5.73 Å². The number of nitrogens with two attached hydrogens (primary N) is 1. The molecule has 14 heteroatoms. The summed E-state index contributed by atoms with van der Waals surface area (Å²) in [6.45, 7) is -0.695. The number of thioether (sulfide) groups is 1. The molecule has 31 heavy (non-hydrogen) atoms. The van der Waals surface area contributed by atoms with E-state index in [0.29, 0.717) is 0 Å². The third-order valence-corrected chi connectivity index (χ3v) is 5.32. The van der Waals surface area contributed by atoms with Crippen molar-refractivity contribution < 1.29 is 49.5 Å². The average molecular weight is 463 g/mol. The van der Waals surface area contributed by atoms with Gasteiger partial charge in [0, 0.05) is 23.5 Å². The van der Waals surface area contributed by atoms with Crippen LogP contribution in [0.25, 0.3) is 0 Å². The predicted molar refractivity (Wildman–Crippen MR) is 106 cm³/mol. The molecule has 0 unspecified atom stereocenters. The summed E-state index contributed by atoms with van der Waals surface area (Å²) >= 11 is 0.976. The highest BCUT2D eigenvalue weighted by Gasteiger charge is 2.36. The number of aliphatic hydroxyl groups excluding tert-OH is 3. The van der Waals surface area contributed by atoms with Gasteiger partial charge < -0.3 is 41.9 Å². The fourth-order valence-corrected chi connectivity index (χ4v) is 3.52. The fraction of sp³-hybridized carbons (Fsp3) is 0.588. The average Bonchev–Trinajstić information content (AvgIpc) is 2.71. The van der Waals surface area contributed by atoms with Crippen LogP contribution in [0.15, 0.2) is 11.6 Å². The van der Waals surface area contributed by atoms with Crippen molar-refractivity contribution in [3.05, 3.63) is 11.6 Å². The zero-order valence-electron chi connectivity index (χ0n) is 16.3. The molecule has 0 bridgehead atoms. The molecule has 0 spiro atoms. The Morgan fingerprint density at radius 3 is 2.39 bits per heavy atom. The first-order valence-corrected chi connectivity index (χ1v) is 10.2. The molecule has 0 aromatic heterocycles. The zero-order valence-corrected chi connectivity index (χ0v) is 17.1. The number of rotatable bonds is 12. The van der Waals surface area contributed by atoms with E-state index < -0.39 is 66.5 Å². The molecule has 0 heterocycles. The number of nitrogens with one attached hydrogen (secondary N) is 2. The molecule has 13 nitrogen and oxygen atoms in total. The van der Waals surface area contributed by atoms with E-state index >= 15 is 0 Å². The molecule has 1 rings (SSSR count). The molecular formula is C17H25N3O10S. The van der Waals surface area contributed by atoms with Crippen LogP contribution in [-0.2, 0) is 24.0 Å². The van der Waals surface area contributed by atoms with E-state index in [1.54, 1.807) is 0 Å². The molecule has 1 aliphatic carbocycles. The summed E-state index contributed by atoms with van der Waals surface area (Å²) in [6.07, 6.45) is -4.28. The Morgan fingerprint density at radius 1 is 1.16 bits per heavy atom. The van der Waals surface area contributed by atoms with E-state index in [2.05, 4.69) is 10.6 Å². The van der Waals surface area contributed by atoms with Crippen LogP contribution in [0, 0.1) is 0 Å². The van der Waals surface area contributed by atoms with Gasteiger partial charge in [0.15, 0.2) is 5.78 Å². The molecule has 174 valence electrons. The van der Waals surface area contributed by atoms with Crippen LogP contribution in [0.2, 0.25) is 0 Å². The lowest BCUT2D eigenvalue weighted by Gasteiger charge is -2.26. The minimum absolute atomic E-state index is 0.0127. The van der Waals surface area contributed by atoms with Crippen LogP contribution in [0.1, 0.15) is 12.8 Å². The summed E-state index contributed by atoms with van der Waals surface area (Å²) in [7, 11) is 0. The van der Waals surface area contributed by atoms with Gasteiger partial charge in [0.1, 0.15) is 36.9 Å². The van der Waals surface area contributed by atoms with Crippen molar-refractivity contribution in [2.75, 3.05) is 18.1 Å². The number of hydrogen-bond donors (Lipinski definition) is 8. The Bertz CT molecular complexity index is 744. The summed E-state index contributed by atoms with van der Waals surface area (Å²) in [5.41, 5.74) is 5.33. The normalized spacial score (nSPS) is 22.8. The monoisotopic (exact) mass is 463 g/mol. The summed E-state index contributed by atoms with van der Waals surface area (Å²) < 4.78 is 0. The fourth-order valence-electron chi connectivity index (χ4n) is 2.47.